The summed E-state index contributed by atoms with van der Waals surface area (Å²) < 4.78 is 10.8. The van der Waals surface area contributed by atoms with E-state index in [1.54, 1.807) is 7.11 Å². The molecule has 2 heteroatoms. The van der Waals surface area contributed by atoms with E-state index in [1.807, 2.05) is 0 Å². The van der Waals surface area contributed by atoms with Gasteiger partial charge in [-0.2, -0.15) is 0 Å². The van der Waals surface area contributed by atoms with E-state index in [1.165, 1.54) is 16.7 Å². The zero-order valence-electron chi connectivity index (χ0n) is 12.0. The van der Waals surface area contributed by atoms with Gasteiger partial charge in [0.25, 0.3) is 0 Å². The highest BCUT2D eigenvalue weighted by Crippen LogP contribution is 2.24. The summed E-state index contributed by atoms with van der Waals surface area (Å²) in [5, 5.41) is 0. The molecule has 2 nitrogen and oxygen atoms in total. The highest BCUT2D eigenvalue weighted by molar-refractivity contribution is 5.43. The lowest BCUT2D eigenvalue weighted by atomic mass is 10.0. The summed E-state index contributed by atoms with van der Waals surface area (Å²) >= 11 is 0. The fraction of sp³-hybridized carbons (Fsp3) is 0.500. The summed E-state index contributed by atoms with van der Waals surface area (Å²) in [7, 11) is 1.65. The number of allylic oxidation sites excluding steroid dienone is 1. The lowest BCUT2D eigenvalue weighted by Crippen LogP contribution is -2.02. The zero-order chi connectivity index (χ0) is 13.5. The van der Waals surface area contributed by atoms with Crippen LogP contribution in [-0.4, -0.2) is 13.7 Å². The highest BCUT2D eigenvalue weighted by atomic mass is 16.5. The van der Waals surface area contributed by atoms with Crippen molar-refractivity contribution in [3.05, 3.63) is 41.2 Å². The van der Waals surface area contributed by atoms with E-state index < -0.39 is 0 Å². The standard InChI is InChI=1S/C16H24O2/c1-6-15-9-10-16(14(4)13(15)3)18-11-7-8-12(2)17-5/h9-10H,2,6-8,11H2,1,3-5H3. The molecule has 0 aliphatic rings. The number of ether oxygens (including phenoxy) is 2. The summed E-state index contributed by atoms with van der Waals surface area (Å²) in [4.78, 5) is 0. The number of rotatable bonds is 7. The van der Waals surface area contributed by atoms with Crippen LogP contribution in [0.1, 0.15) is 36.5 Å². The lowest BCUT2D eigenvalue weighted by molar-refractivity contribution is 0.257. The van der Waals surface area contributed by atoms with Crippen molar-refractivity contribution >= 4 is 0 Å². The quantitative estimate of drug-likeness (QED) is 0.532. The predicted octanol–water partition coefficient (Wildman–Crippen LogP) is 4.18. The van der Waals surface area contributed by atoms with Crippen LogP contribution < -0.4 is 4.74 Å². The summed E-state index contributed by atoms with van der Waals surface area (Å²) in [6.07, 6.45) is 2.85. The van der Waals surface area contributed by atoms with Crippen LogP contribution in [0.15, 0.2) is 24.5 Å². The van der Waals surface area contributed by atoms with E-state index in [9.17, 15) is 0 Å². The topological polar surface area (TPSA) is 18.5 Å². The number of methoxy groups -OCH3 is 1. The van der Waals surface area contributed by atoms with Crippen molar-refractivity contribution in [2.45, 2.75) is 40.0 Å². The van der Waals surface area contributed by atoms with E-state index in [0.717, 1.165) is 30.8 Å². The first-order valence-electron chi connectivity index (χ1n) is 6.53. The van der Waals surface area contributed by atoms with Crippen LogP contribution in [0.3, 0.4) is 0 Å². The summed E-state index contributed by atoms with van der Waals surface area (Å²) in [5.74, 6) is 1.81. The molecule has 18 heavy (non-hydrogen) atoms. The Labute approximate surface area is 111 Å². The smallest absolute Gasteiger partial charge is 0.122 e. The number of hydrogen-bond acceptors (Lipinski definition) is 2. The van der Waals surface area contributed by atoms with Gasteiger partial charge in [0.1, 0.15) is 5.75 Å². The molecule has 0 bridgehead atoms. The third kappa shape index (κ3) is 3.80. The molecule has 0 saturated carbocycles. The summed E-state index contributed by atoms with van der Waals surface area (Å²) in [5.41, 5.74) is 3.99. The van der Waals surface area contributed by atoms with Gasteiger partial charge in [-0.3, -0.25) is 0 Å². The third-order valence-corrected chi connectivity index (χ3v) is 3.38. The van der Waals surface area contributed by atoms with Gasteiger partial charge in [-0.1, -0.05) is 19.6 Å². The number of hydrogen-bond donors (Lipinski definition) is 0. The second-order valence-corrected chi connectivity index (χ2v) is 4.52. The lowest BCUT2D eigenvalue weighted by Gasteiger charge is -2.14. The molecule has 100 valence electrons. The van der Waals surface area contributed by atoms with Gasteiger partial charge < -0.3 is 9.47 Å². The van der Waals surface area contributed by atoms with E-state index >= 15 is 0 Å². The van der Waals surface area contributed by atoms with Crippen LogP contribution in [-0.2, 0) is 11.2 Å². The van der Waals surface area contributed by atoms with Gasteiger partial charge in [0, 0.05) is 6.42 Å². The van der Waals surface area contributed by atoms with Crippen molar-refractivity contribution in [1.29, 1.82) is 0 Å². The van der Waals surface area contributed by atoms with Crippen molar-refractivity contribution in [2.75, 3.05) is 13.7 Å². The SMILES string of the molecule is C=C(CCCOc1ccc(CC)c(C)c1C)OC. The molecule has 0 radical (unpaired) electrons. The van der Waals surface area contributed by atoms with Gasteiger partial charge >= 0.3 is 0 Å². The molecule has 0 spiro atoms. The number of benzene rings is 1. The summed E-state index contributed by atoms with van der Waals surface area (Å²) in [6, 6.07) is 4.23. The molecule has 0 atom stereocenters. The van der Waals surface area contributed by atoms with Gasteiger partial charge in [-0.15, -0.1) is 0 Å². The van der Waals surface area contributed by atoms with Gasteiger partial charge in [0.15, 0.2) is 0 Å². The third-order valence-electron chi connectivity index (χ3n) is 3.38. The Morgan fingerprint density at radius 2 is 1.94 bits per heavy atom. The Bertz CT molecular complexity index is 408. The van der Waals surface area contributed by atoms with Crippen molar-refractivity contribution in [2.24, 2.45) is 0 Å². The molecule has 1 aromatic rings. The Morgan fingerprint density at radius 1 is 1.22 bits per heavy atom. The molecular formula is C16H24O2. The minimum absolute atomic E-state index is 0.703. The molecule has 1 aromatic carbocycles. The maximum Gasteiger partial charge on any atom is 0.122 e. The van der Waals surface area contributed by atoms with Crippen LogP contribution in [0.2, 0.25) is 0 Å². The normalized spacial score (nSPS) is 10.2. The first-order valence-corrected chi connectivity index (χ1v) is 6.53. The van der Waals surface area contributed by atoms with Crippen LogP contribution >= 0.6 is 0 Å². The van der Waals surface area contributed by atoms with E-state index in [-0.39, 0.29) is 0 Å². The minimum atomic E-state index is 0.703. The summed E-state index contributed by atoms with van der Waals surface area (Å²) in [6.45, 7) is 11.0. The van der Waals surface area contributed by atoms with Crippen LogP contribution in [0.5, 0.6) is 5.75 Å². The van der Waals surface area contributed by atoms with Crippen molar-refractivity contribution < 1.29 is 9.47 Å². The Balaban J connectivity index is 2.53. The fourth-order valence-electron chi connectivity index (χ4n) is 1.94. The van der Waals surface area contributed by atoms with Crippen LogP contribution in [0.25, 0.3) is 0 Å². The second-order valence-electron chi connectivity index (χ2n) is 4.52. The predicted molar refractivity (Wildman–Crippen MR) is 76.2 cm³/mol. The average Bonchev–Trinajstić information content (AvgIpc) is 2.39. The van der Waals surface area contributed by atoms with Crippen molar-refractivity contribution in [3.63, 3.8) is 0 Å². The molecule has 1 rings (SSSR count). The van der Waals surface area contributed by atoms with Crippen LogP contribution in [0, 0.1) is 13.8 Å². The van der Waals surface area contributed by atoms with Gasteiger partial charge in [-0.05, 0) is 49.4 Å². The fourth-order valence-corrected chi connectivity index (χ4v) is 1.94. The molecule has 0 amide bonds. The average molecular weight is 248 g/mol. The van der Waals surface area contributed by atoms with Gasteiger partial charge in [0.05, 0.1) is 19.5 Å². The number of aryl methyl sites for hydroxylation is 1. The molecule has 0 aliphatic heterocycles. The van der Waals surface area contributed by atoms with Crippen molar-refractivity contribution in [3.8, 4) is 5.75 Å². The molecule has 0 heterocycles. The van der Waals surface area contributed by atoms with Crippen molar-refractivity contribution in [1.82, 2.24) is 0 Å². The Hall–Kier alpha value is -1.44. The first kappa shape index (κ1) is 14.6. The molecule has 0 saturated heterocycles. The molecule has 0 aliphatic carbocycles. The highest BCUT2D eigenvalue weighted by Gasteiger charge is 2.06. The van der Waals surface area contributed by atoms with E-state index in [4.69, 9.17) is 9.47 Å². The molecule has 0 fully saturated rings. The van der Waals surface area contributed by atoms with Crippen LogP contribution in [0.4, 0.5) is 0 Å². The maximum atomic E-state index is 5.82. The maximum absolute atomic E-state index is 5.82. The molecule has 0 N–H and O–H groups in total. The first-order chi connectivity index (χ1) is 8.60. The monoisotopic (exact) mass is 248 g/mol. The largest absolute Gasteiger partial charge is 0.502 e. The second kappa shape index (κ2) is 7.10. The molecule has 0 unspecified atom stereocenters. The van der Waals surface area contributed by atoms with E-state index in [2.05, 4.69) is 39.5 Å². The zero-order valence-corrected chi connectivity index (χ0v) is 12.0. The minimum Gasteiger partial charge on any atom is -0.502 e. The van der Waals surface area contributed by atoms with E-state index in [0.29, 0.717) is 6.61 Å². The van der Waals surface area contributed by atoms with Gasteiger partial charge in [-0.25, -0.2) is 0 Å². The Kier molecular flexibility index (Phi) is 5.76. The van der Waals surface area contributed by atoms with Gasteiger partial charge in [0.2, 0.25) is 0 Å². The molecular weight excluding hydrogens is 224 g/mol. The molecule has 0 aromatic heterocycles. The Morgan fingerprint density at radius 3 is 2.56 bits per heavy atom.